The molecule has 2 heterocycles. The second-order valence-corrected chi connectivity index (χ2v) is 12.8. The molecular formula is C28H40FN4O9P. The first-order valence-electron chi connectivity index (χ1n) is 14.0. The quantitative estimate of drug-likeness (QED) is 0.206. The van der Waals surface area contributed by atoms with Gasteiger partial charge in [0, 0.05) is 12.6 Å². The second kappa shape index (κ2) is 14.5. The summed E-state index contributed by atoms with van der Waals surface area (Å²) in [5.74, 6) is -0.574. The van der Waals surface area contributed by atoms with Gasteiger partial charge in [-0.05, 0) is 58.2 Å². The van der Waals surface area contributed by atoms with Gasteiger partial charge in [-0.1, -0.05) is 32.0 Å². The lowest BCUT2D eigenvalue weighted by Crippen LogP contribution is -2.43. The Kier molecular flexibility index (Phi) is 11.6. The van der Waals surface area contributed by atoms with Crippen molar-refractivity contribution in [3.05, 3.63) is 53.1 Å². The predicted octanol–water partition coefficient (Wildman–Crippen LogP) is 3.74. The molecule has 43 heavy (non-hydrogen) atoms. The van der Waals surface area contributed by atoms with E-state index in [1.165, 1.54) is 31.3 Å². The van der Waals surface area contributed by atoms with Crippen molar-refractivity contribution in [3.8, 4) is 5.75 Å². The van der Waals surface area contributed by atoms with E-state index >= 15 is 4.39 Å². The molecule has 0 unspecified atom stereocenters. The standard InChI is InChI=1S/C28H40FN4O9P/c1-17(2)12-13-23(34)30-22-14-15-33(27(37)31-22)26-28(6,29)24(35)21(41-26)16-39-43(38,42-20-10-8-7-9-11-20)32-19(5)25(36)40-18(3)4/h7-11,14-15,17-19,21,24,26,35H,12-13,16H2,1-6H3,(H,32,38)(H,30,31,34,37)/t19-,21+,24+,26+,28+,43-/m0/s1. The fourth-order valence-corrected chi connectivity index (χ4v) is 5.64. The monoisotopic (exact) mass is 626 g/mol. The lowest BCUT2D eigenvalue weighted by atomic mass is 9.98. The number of nitrogens with zero attached hydrogens (tertiary/aromatic N) is 2. The molecule has 15 heteroatoms. The molecule has 13 nitrogen and oxygen atoms in total. The van der Waals surface area contributed by atoms with Gasteiger partial charge in [0.05, 0.1) is 12.7 Å². The summed E-state index contributed by atoms with van der Waals surface area (Å²) >= 11 is 0. The number of para-hydroxylation sites is 1. The largest absolute Gasteiger partial charge is 0.462 e. The maximum atomic E-state index is 15.8. The maximum absolute atomic E-state index is 15.8. The van der Waals surface area contributed by atoms with E-state index < -0.39 is 62.3 Å². The maximum Gasteiger partial charge on any atom is 0.459 e. The highest BCUT2D eigenvalue weighted by Crippen LogP contribution is 2.47. The summed E-state index contributed by atoms with van der Waals surface area (Å²) in [4.78, 5) is 41.1. The second-order valence-electron chi connectivity index (χ2n) is 11.1. The van der Waals surface area contributed by atoms with Gasteiger partial charge in [0.25, 0.3) is 0 Å². The average Bonchev–Trinajstić information content (AvgIpc) is 3.14. The van der Waals surface area contributed by atoms with Crippen LogP contribution in [-0.4, -0.2) is 63.2 Å². The van der Waals surface area contributed by atoms with E-state index in [4.69, 9.17) is 18.5 Å². The number of ether oxygens (including phenoxy) is 2. The molecule has 1 amide bonds. The van der Waals surface area contributed by atoms with Gasteiger partial charge in [-0.3, -0.25) is 18.7 Å². The Bertz CT molecular complexity index is 1360. The topological polar surface area (TPSA) is 167 Å². The van der Waals surface area contributed by atoms with Gasteiger partial charge in [-0.15, -0.1) is 0 Å². The van der Waals surface area contributed by atoms with Crippen LogP contribution in [0.1, 0.15) is 60.6 Å². The number of anilines is 1. The van der Waals surface area contributed by atoms with E-state index in [2.05, 4.69) is 15.4 Å². The van der Waals surface area contributed by atoms with Crippen LogP contribution in [0.4, 0.5) is 10.2 Å². The SMILES string of the molecule is CC(C)CCC(=O)Nc1ccn([C@@H]2O[C@H](CO[P@@](=O)(N[C@@H](C)C(=O)OC(C)C)Oc3ccccc3)[C@@H](O)[C@@]2(C)F)c(=O)n1. The van der Waals surface area contributed by atoms with Crippen molar-refractivity contribution < 1.29 is 42.2 Å². The minimum Gasteiger partial charge on any atom is -0.462 e. The number of alkyl halides is 1. The number of aromatic nitrogens is 2. The first-order valence-corrected chi connectivity index (χ1v) is 15.5. The molecule has 2 aromatic rings. The molecule has 3 N–H and O–H groups in total. The number of aliphatic hydroxyl groups excluding tert-OH is 1. The Hall–Kier alpha value is -3.16. The van der Waals surface area contributed by atoms with Crippen molar-refractivity contribution in [1.29, 1.82) is 0 Å². The van der Waals surface area contributed by atoms with Gasteiger partial charge in [-0.2, -0.15) is 10.1 Å². The molecule has 0 aliphatic carbocycles. The van der Waals surface area contributed by atoms with Crippen molar-refractivity contribution in [2.24, 2.45) is 5.92 Å². The van der Waals surface area contributed by atoms with Crippen LogP contribution in [0.15, 0.2) is 47.4 Å². The molecule has 1 fully saturated rings. The summed E-state index contributed by atoms with van der Waals surface area (Å²) in [5.41, 5.74) is -3.44. The molecule has 1 saturated heterocycles. The third kappa shape index (κ3) is 9.41. The van der Waals surface area contributed by atoms with E-state index in [1.807, 2.05) is 13.8 Å². The molecule has 238 valence electrons. The van der Waals surface area contributed by atoms with Gasteiger partial charge < -0.3 is 24.4 Å². The highest BCUT2D eigenvalue weighted by molar-refractivity contribution is 7.52. The van der Waals surface area contributed by atoms with Crippen LogP contribution in [0.25, 0.3) is 0 Å². The van der Waals surface area contributed by atoms with Crippen LogP contribution in [-0.2, 0) is 28.2 Å². The number of hydrogen-bond acceptors (Lipinski definition) is 10. The molecule has 1 aromatic carbocycles. The van der Waals surface area contributed by atoms with Crippen LogP contribution in [0.2, 0.25) is 0 Å². The first kappa shape index (κ1) is 34.3. The Balaban J connectivity index is 1.75. The molecular weight excluding hydrogens is 586 g/mol. The zero-order valence-corrected chi connectivity index (χ0v) is 26.0. The summed E-state index contributed by atoms with van der Waals surface area (Å²) in [5, 5.41) is 15.8. The number of amides is 1. The fourth-order valence-electron chi connectivity index (χ4n) is 4.14. The van der Waals surface area contributed by atoms with Crippen LogP contribution in [0, 0.1) is 5.92 Å². The average molecular weight is 627 g/mol. The molecule has 0 bridgehead atoms. The van der Waals surface area contributed by atoms with Gasteiger partial charge in [0.1, 0.15) is 29.8 Å². The van der Waals surface area contributed by atoms with Crippen molar-refractivity contribution in [2.45, 2.75) is 90.6 Å². The number of carbonyl (C=O) groups is 2. The van der Waals surface area contributed by atoms with E-state index in [1.54, 1.807) is 32.0 Å². The number of benzene rings is 1. The summed E-state index contributed by atoms with van der Waals surface area (Å²) in [6.45, 7) is 9.06. The van der Waals surface area contributed by atoms with Crippen LogP contribution < -0.4 is 20.6 Å². The highest BCUT2D eigenvalue weighted by atomic mass is 31.2. The number of esters is 1. The smallest absolute Gasteiger partial charge is 0.459 e. The Morgan fingerprint density at radius 1 is 1.19 bits per heavy atom. The lowest BCUT2D eigenvalue weighted by Gasteiger charge is -2.25. The molecule has 1 aliphatic heterocycles. The predicted molar refractivity (Wildman–Crippen MR) is 155 cm³/mol. The molecule has 1 aliphatic rings. The van der Waals surface area contributed by atoms with Gasteiger partial charge in [-0.25, -0.2) is 13.8 Å². The zero-order chi connectivity index (χ0) is 31.9. The van der Waals surface area contributed by atoms with E-state index in [-0.39, 0.29) is 23.9 Å². The van der Waals surface area contributed by atoms with Gasteiger partial charge >= 0.3 is 19.4 Å². The number of aliphatic hydroxyl groups is 1. The molecule has 6 atom stereocenters. The third-order valence-electron chi connectivity index (χ3n) is 6.45. The number of rotatable bonds is 14. The first-order chi connectivity index (χ1) is 20.1. The molecule has 3 rings (SSSR count). The number of halogens is 1. The van der Waals surface area contributed by atoms with Crippen LogP contribution >= 0.6 is 7.75 Å². The number of carbonyl (C=O) groups excluding carboxylic acids is 2. The minimum atomic E-state index is -4.33. The Morgan fingerprint density at radius 3 is 2.47 bits per heavy atom. The molecule has 0 spiro atoms. The zero-order valence-electron chi connectivity index (χ0n) is 25.1. The minimum absolute atomic E-state index is 0.0100. The highest BCUT2D eigenvalue weighted by Gasteiger charge is 2.56. The summed E-state index contributed by atoms with van der Waals surface area (Å²) in [6, 6.07) is 8.19. The van der Waals surface area contributed by atoms with Gasteiger partial charge in [0.15, 0.2) is 11.9 Å². The Morgan fingerprint density at radius 2 is 1.86 bits per heavy atom. The molecule has 1 aromatic heterocycles. The third-order valence-corrected chi connectivity index (χ3v) is 8.09. The van der Waals surface area contributed by atoms with Crippen molar-refractivity contribution in [1.82, 2.24) is 14.6 Å². The Labute approximate surface area is 249 Å². The number of hydrogen-bond donors (Lipinski definition) is 3. The number of nitrogens with one attached hydrogen (secondary N) is 2. The summed E-state index contributed by atoms with van der Waals surface area (Å²) < 4.78 is 52.3. The lowest BCUT2D eigenvalue weighted by molar-refractivity contribution is -0.149. The van der Waals surface area contributed by atoms with Crippen LogP contribution in [0.5, 0.6) is 5.75 Å². The molecule has 0 saturated carbocycles. The van der Waals surface area contributed by atoms with Crippen molar-refractivity contribution >= 4 is 25.4 Å². The van der Waals surface area contributed by atoms with E-state index in [9.17, 15) is 24.1 Å². The van der Waals surface area contributed by atoms with Crippen LogP contribution in [0.3, 0.4) is 0 Å². The molecule has 0 radical (unpaired) electrons. The van der Waals surface area contributed by atoms with Crippen molar-refractivity contribution in [3.63, 3.8) is 0 Å². The summed E-state index contributed by atoms with van der Waals surface area (Å²) in [7, 11) is -4.33. The normalized spacial score (nSPS) is 24.0. The van der Waals surface area contributed by atoms with Gasteiger partial charge in [0.2, 0.25) is 5.91 Å². The summed E-state index contributed by atoms with van der Waals surface area (Å²) in [6.07, 6.45) is -3.21. The van der Waals surface area contributed by atoms with Crippen molar-refractivity contribution in [2.75, 3.05) is 11.9 Å². The van der Waals surface area contributed by atoms with E-state index in [0.29, 0.717) is 12.3 Å². The van der Waals surface area contributed by atoms with E-state index in [0.717, 1.165) is 11.5 Å². The fraction of sp³-hybridized carbons (Fsp3) is 0.571.